The normalized spacial score (nSPS) is 11.9. The fraction of sp³-hybridized carbons (Fsp3) is 0. The Morgan fingerprint density at radius 1 is 0.373 bits per heavy atom. The molecule has 0 atom stereocenters. The summed E-state index contributed by atoms with van der Waals surface area (Å²) in [4.78, 5) is 0. The van der Waals surface area contributed by atoms with Gasteiger partial charge < -0.3 is 4.57 Å². The number of nitrogens with zero attached hydrogens (tertiary/aromatic N) is 2. The van der Waals surface area contributed by atoms with Gasteiger partial charge in [0, 0.05) is 16.5 Å². The van der Waals surface area contributed by atoms with Crippen LogP contribution in [0.4, 0.5) is 0 Å². The van der Waals surface area contributed by atoms with Crippen molar-refractivity contribution in [2.75, 3.05) is 0 Å². The minimum atomic E-state index is 0.664. The molecule has 1 aromatic heterocycles. The topological polar surface area (TPSA) is 28.7 Å². The van der Waals surface area contributed by atoms with E-state index < -0.39 is 0 Å². The van der Waals surface area contributed by atoms with Crippen molar-refractivity contribution >= 4 is 75.7 Å². The highest BCUT2D eigenvalue weighted by atomic mass is 15.0. The SMILES string of the molecule is N#Cc1cc2ccc3c(-c4c5ccccc5c(-c5cccc6ccccc56)c5ccccc45)ccc4c3c2c(c1)n4-c1ccc2ccccc2c1. The van der Waals surface area contributed by atoms with Gasteiger partial charge in [-0.25, -0.2) is 0 Å². The number of hydrogen-bond acceptors (Lipinski definition) is 1. The highest BCUT2D eigenvalue weighted by molar-refractivity contribution is 6.30. The molecule has 2 heteroatoms. The Kier molecular flexibility index (Phi) is 5.77. The smallest absolute Gasteiger partial charge is 0.0992 e. The highest BCUT2D eigenvalue weighted by Crippen LogP contribution is 2.49. The minimum Gasteiger partial charge on any atom is -0.309 e. The van der Waals surface area contributed by atoms with Crippen LogP contribution < -0.4 is 0 Å². The molecule has 1 heterocycles. The summed E-state index contributed by atoms with van der Waals surface area (Å²) in [5.74, 6) is 0. The molecule has 11 rings (SSSR count). The van der Waals surface area contributed by atoms with E-state index in [0.717, 1.165) is 22.1 Å². The lowest BCUT2D eigenvalue weighted by Crippen LogP contribution is -1.95. The molecule has 0 amide bonds. The van der Waals surface area contributed by atoms with E-state index in [-0.39, 0.29) is 0 Å². The van der Waals surface area contributed by atoms with E-state index in [1.165, 1.54) is 81.5 Å². The molecule has 0 saturated carbocycles. The zero-order valence-corrected chi connectivity index (χ0v) is 27.6. The summed E-state index contributed by atoms with van der Waals surface area (Å²) in [7, 11) is 0. The van der Waals surface area contributed by atoms with E-state index in [4.69, 9.17) is 0 Å². The highest BCUT2D eigenvalue weighted by Gasteiger charge is 2.23. The molecule has 0 spiro atoms. The van der Waals surface area contributed by atoms with Gasteiger partial charge >= 0.3 is 0 Å². The van der Waals surface area contributed by atoms with E-state index in [1.807, 2.05) is 6.07 Å². The first-order chi connectivity index (χ1) is 25.3. The molecule has 2 nitrogen and oxygen atoms in total. The summed E-state index contributed by atoms with van der Waals surface area (Å²) in [6.45, 7) is 0. The predicted octanol–water partition coefficient (Wildman–Crippen LogP) is 13.2. The van der Waals surface area contributed by atoms with E-state index in [0.29, 0.717) is 5.56 Å². The molecule has 0 bridgehead atoms. The van der Waals surface area contributed by atoms with Crippen LogP contribution in [0.3, 0.4) is 0 Å². The van der Waals surface area contributed by atoms with Gasteiger partial charge in [-0.2, -0.15) is 5.26 Å². The van der Waals surface area contributed by atoms with Crippen molar-refractivity contribution in [3.63, 3.8) is 0 Å². The predicted molar refractivity (Wildman–Crippen MR) is 215 cm³/mol. The second-order valence-corrected chi connectivity index (χ2v) is 13.6. The van der Waals surface area contributed by atoms with Crippen LogP contribution in [0.25, 0.3) is 104 Å². The molecule has 0 aliphatic rings. The average Bonchev–Trinajstić information content (AvgIpc) is 3.53. The maximum Gasteiger partial charge on any atom is 0.0992 e. The van der Waals surface area contributed by atoms with Gasteiger partial charge in [0.25, 0.3) is 0 Å². The van der Waals surface area contributed by atoms with Gasteiger partial charge in [0.05, 0.1) is 22.7 Å². The lowest BCUT2D eigenvalue weighted by Gasteiger charge is -2.20. The minimum absolute atomic E-state index is 0.664. The van der Waals surface area contributed by atoms with Gasteiger partial charge in [-0.3, -0.25) is 0 Å². The van der Waals surface area contributed by atoms with Crippen LogP contribution in [0.2, 0.25) is 0 Å². The number of nitriles is 1. The van der Waals surface area contributed by atoms with Crippen LogP contribution >= 0.6 is 0 Å². The largest absolute Gasteiger partial charge is 0.309 e. The van der Waals surface area contributed by atoms with Gasteiger partial charge in [-0.1, -0.05) is 140 Å². The Balaban J connectivity index is 1.27. The van der Waals surface area contributed by atoms with E-state index in [1.54, 1.807) is 0 Å². The van der Waals surface area contributed by atoms with Gasteiger partial charge in [0.15, 0.2) is 0 Å². The Hall–Kier alpha value is -6.95. The zero-order chi connectivity index (χ0) is 33.6. The molecule has 234 valence electrons. The fourth-order valence-corrected chi connectivity index (χ4v) is 8.79. The second-order valence-electron chi connectivity index (χ2n) is 13.6. The molecule has 10 aromatic carbocycles. The molecule has 0 fully saturated rings. The van der Waals surface area contributed by atoms with E-state index >= 15 is 0 Å². The van der Waals surface area contributed by atoms with Crippen LogP contribution in [-0.2, 0) is 0 Å². The Bertz CT molecular complexity index is 3200. The number of fused-ring (bicyclic) bond motifs is 4. The quantitative estimate of drug-likeness (QED) is 0.139. The first-order valence-corrected chi connectivity index (χ1v) is 17.4. The third kappa shape index (κ3) is 3.92. The van der Waals surface area contributed by atoms with Crippen LogP contribution in [0.5, 0.6) is 0 Å². The van der Waals surface area contributed by atoms with Crippen LogP contribution in [0.15, 0.2) is 170 Å². The van der Waals surface area contributed by atoms with Crippen molar-refractivity contribution in [2.24, 2.45) is 0 Å². The van der Waals surface area contributed by atoms with Gasteiger partial charge in [-0.05, 0) is 106 Å². The summed E-state index contributed by atoms with van der Waals surface area (Å²) < 4.78 is 2.35. The first-order valence-electron chi connectivity index (χ1n) is 17.4. The molecule has 51 heavy (non-hydrogen) atoms. The molecule has 0 aliphatic carbocycles. The molecule has 11 aromatic rings. The Morgan fingerprint density at radius 2 is 0.961 bits per heavy atom. The maximum atomic E-state index is 10.1. The van der Waals surface area contributed by atoms with Crippen LogP contribution in [0.1, 0.15) is 5.56 Å². The number of aromatic nitrogens is 1. The van der Waals surface area contributed by atoms with Crippen molar-refractivity contribution in [2.45, 2.75) is 0 Å². The van der Waals surface area contributed by atoms with Crippen LogP contribution in [0, 0.1) is 11.3 Å². The monoisotopic (exact) mass is 644 g/mol. The van der Waals surface area contributed by atoms with Gasteiger partial charge in [-0.15, -0.1) is 0 Å². The summed E-state index contributed by atoms with van der Waals surface area (Å²) in [6, 6.07) is 63.9. The molecular formula is C49H28N2. The molecule has 0 aliphatic heterocycles. The third-order valence-corrected chi connectivity index (χ3v) is 10.9. The molecule has 0 N–H and O–H groups in total. The second kappa shape index (κ2) is 10.5. The lowest BCUT2D eigenvalue weighted by molar-refractivity contribution is 1.19. The zero-order valence-electron chi connectivity index (χ0n) is 27.6. The fourth-order valence-electron chi connectivity index (χ4n) is 8.79. The number of hydrogen-bond donors (Lipinski definition) is 0. The van der Waals surface area contributed by atoms with Crippen molar-refractivity contribution in [1.29, 1.82) is 5.26 Å². The molecule has 0 radical (unpaired) electrons. The summed E-state index contributed by atoms with van der Waals surface area (Å²) in [5.41, 5.74) is 8.92. The van der Waals surface area contributed by atoms with Crippen molar-refractivity contribution in [3.05, 3.63) is 175 Å². The van der Waals surface area contributed by atoms with Crippen molar-refractivity contribution in [1.82, 2.24) is 4.57 Å². The standard InChI is InChI=1S/C49H28N2/c50-29-30-26-34-21-23-43-42(24-25-44-49(43)46(34)45(27-30)51(44)35-22-20-31-10-1-2-12-33(31)28-35)48-40-17-7-5-15-38(40)47(39-16-6-8-18-41(39)48)37-19-9-13-32-11-3-4-14-36(32)37/h1-28H. The molecule has 0 saturated heterocycles. The van der Waals surface area contributed by atoms with Crippen molar-refractivity contribution in [3.8, 4) is 34.0 Å². The Labute approximate surface area is 294 Å². The van der Waals surface area contributed by atoms with E-state index in [9.17, 15) is 5.26 Å². The van der Waals surface area contributed by atoms with Gasteiger partial charge in [0.2, 0.25) is 0 Å². The average molecular weight is 645 g/mol. The summed E-state index contributed by atoms with van der Waals surface area (Å²) in [5, 5.41) is 24.6. The summed E-state index contributed by atoms with van der Waals surface area (Å²) in [6.07, 6.45) is 0. The first kappa shape index (κ1) is 27.9. The summed E-state index contributed by atoms with van der Waals surface area (Å²) >= 11 is 0. The Morgan fingerprint density at radius 3 is 1.67 bits per heavy atom. The van der Waals surface area contributed by atoms with Crippen molar-refractivity contribution < 1.29 is 0 Å². The lowest BCUT2D eigenvalue weighted by atomic mass is 9.83. The number of rotatable bonds is 3. The van der Waals surface area contributed by atoms with E-state index in [2.05, 4.69) is 174 Å². The molecular weight excluding hydrogens is 617 g/mol. The van der Waals surface area contributed by atoms with Gasteiger partial charge in [0.1, 0.15) is 0 Å². The number of benzene rings is 10. The van der Waals surface area contributed by atoms with Crippen LogP contribution in [-0.4, -0.2) is 4.57 Å². The maximum absolute atomic E-state index is 10.1. The molecule has 0 unspecified atom stereocenters. The third-order valence-electron chi connectivity index (χ3n) is 10.9.